The highest BCUT2D eigenvalue weighted by Crippen LogP contribution is 2.23. The van der Waals surface area contributed by atoms with Crippen LogP contribution in [-0.4, -0.2) is 18.7 Å². The Hall–Kier alpha value is -1.67. The predicted molar refractivity (Wildman–Crippen MR) is 70.5 cm³/mol. The predicted octanol–water partition coefficient (Wildman–Crippen LogP) is 3.39. The Kier molecular flexibility index (Phi) is 4.28. The highest BCUT2D eigenvalue weighted by atomic mass is 16.5. The fourth-order valence-electron chi connectivity index (χ4n) is 1.83. The van der Waals surface area contributed by atoms with E-state index in [1.807, 2.05) is 24.5 Å². The van der Waals surface area contributed by atoms with Gasteiger partial charge in [-0.25, -0.2) is 0 Å². The number of rotatable bonds is 4. The number of aromatic nitrogens is 1. The average Bonchev–Trinajstić information content (AvgIpc) is 2.41. The first-order valence-electron chi connectivity index (χ1n) is 5.87. The fourth-order valence-corrected chi connectivity index (χ4v) is 1.83. The number of hydrogen-bond acceptors (Lipinski definition) is 2. The molecule has 0 spiro atoms. The van der Waals surface area contributed by atoms with Crippen LogP contribution in [0, 0.1) is 0 Å². The minimum atomic E-state index is 0.790. The molecular weight excluding hydrogens is 210 g/mol. The van der Waals surface area contributed by atoms with E-state index in [0.717, 1.165) is 19.4 Å². The van der Waals surface area contributed by atoms with Crippen molar-refractivity contribution in [3.8, 4) is 0 Å². The van der Waals surface area contributed by atoms with E-state index in [1.165, 1.54) is 16.7 Å². The van der Waals surface area contributed by atoms with E-state index in [1.54, 1.807) is 7.11 Å². The zero-order valence-corrected chi connectivity index (χ0v) is 10.1. The van der Waals surface area contributed by atoms with Gasteiger partial charge in [0.15, 0.2) is 0 Å². The number of nitrogens with zero attached hydrogens (tertiary/aromatic N) is 1. The van der Waals surface area contributed by atoms with Crippen LogP contribution in [0.4, 0.5) is 0 Å². The summed E-state index contributed by atoms with van der Waals surface area (Å²) in [6, 6.07) is 4.08. The molecule has 1 aliphatic carbocycles. The molecule has 0 N–H and O–H groups in total. The van der Waals surface area contributed by atoms with Crippen molar-refractivity contribution < 1.29 is 4.74 Å². The second-order valence-corrected chi connectivity index (χ2v) is 3.99. The van der Waals surface area contributed by atoms with Gasteiger partial charge in [0.1, 0.15) is 0 Å². The molecule has 1 heterocycles. The smallest absolute Gasteiger partial charge is 0.0496 e. The first kappa shape index (κ1) is 11.8. The summed E-state index contributed by atoms with van der Waals surface area (Å²) < 4.78 is 5.03. The number of methoxy groups -OCH3 is 1. The first-order valence-corrected chi connectivity index (χ1v) is 5.87. The van der Waals surface area contributed by atoms with Gasteiger partial charge in [-0.05, 0) is 41.7 Å². The second kappa shape index (κ2) is 6.16. The van der Waals surface area contributed by atoms with Crippen LogP contribution < -0.4 is 0 Å². The van der Waals surface area contributed by atoms with Crippen molar-refractivity contribution in [2.24, 2.45) is 0 Å². The van der Waals surface area contributed by atoms with Crippen molar-refractivity contribution >= 4 is 5.57 Å². The van der Waals surface area contributed by atoms with Gasteiger partial charge in [0.25, 0.3) is 0 Å². The van der Waals surface area contributed by atoms with Crippen LogP contribution in [0.2, 0.25) is 0 Å². The minimum absolute atomic E-state index is 0.790. The first-order chi connectivity index (χ1) is 8.40. The summed E-state index contributed by atoms with van der Waals surface area (Å²) in [5.74, 6) is 0. The van der Waals surface area contributed by atoms with E-state index in [-0.39, 0.29) is 0 Å². The fraction of sp³-hybridized carbons (Fsp3) is 0.267. The molecule has 0 aliphatic heterocycles. The maximum absolute atomic E-state index is 5.03. The van der Waals surface area contributed by atoms with E-state index in [9.17, 15) is 0 Å². The molecule has 1 aromatic heterocycles. The zero-order valence-electron chi connectivity index (χ0n) is 10.1. The van der Waals surface area contributed by atoms with Gasteiger partial charge in [0.05, 0.1) is 0 Å². The second-order valence-electron chi connectivity index (χ2n) is 3.99. The van der Waals surface area contributed by atoms with Gasteiger partial charge in [-0.15, -0.1) is 0 Å². The van der Waals surface area contributed by atoms with Gasteiger partial charge < -0.3 is 4.74 Å². The van der Waals surface area contributed by atoms with E-state index in [0.29, 0.717) is 0 Å². The highest BCUT2D eigenvalue weighted by molar-refractivity contribution is 5.76. The number of hydrogen-bond donors (Lipinski definition) is 0. The Morgan fingerprint density at radius 1 is 1.29 bits per heavy atom. The summed E-state index contributed by atoms with van der Waals surface area (Å²) >= 11 is 0. The summed E-state index contributed by atoms with van der Waals surface area (Å²) in [4.78, 5) is 4.03. The topological polar surface area (TPSA) is 22.1 Å². The molecule has 2 rings (SSSR count). The molecule has 1 aromatic rings. The molecule has 2 nitrogen and oxygen atoms in total. The van der Waals surface area contributed by atoms with Crippen LogP contribution in [-0.2, 0) is 4.74 Å². The molecule has 2 heteroatoms. The Bertz CT molecular complexity index is 443. The summed E-state index contributed by atoms with van der Waals surface area (Å²) in [5, 5.41) is 0. The van der Waals surface area contributed by atoms with Crippen LogP contribution in [0.3, 0.4) is 0 Å². The maximum Gasteiger partial charge on any atom is 0.0496 e. The van der Waals surface area contributed by atoms with Crippen molar-refractivity contribution in [2.75, 3.05) is 13.7 Å². The van der Waals surface area contributed by atoms with Crippen molar-refractivity contribution in [2.45, 2.75) is 12.8 Å². The molecule has 0 unspecified atom stereocenters. The normalized spacial score (nSPS) is 17.2. The van der Waals surface area contributed by atoms with Gasteiger partial charge in [0.2, 0.25) is 0 Å². The van der Waals surface area contributed by atoms with Crippen molar-refractivity contribution in [1.29, 1.82) is 0 Å². The van der Waals surface area contributed by atoms with Crippen molar-refractivity contribution in [3.63, 3.8) is 0 Å². The molecular formula is C15H17NO. The quantitative estimate of drug-likeness (QED) is 0.736. The summed E-state index contributed by atoms with van der Waals surface area (Å²) in [7, 11) is 1.73. The number of ether oxygens (including phenoxy) is 1. The molecule has 0 bridgehead atoms. The third kappa shape index (κ3) is 3.40. The SMILES string of the molecule is COCC/C=C1/C=CC(c2ccncc2)=CC1. The van der Waals surface area contributed by atoms with Crippen LogP contribution >= 0.6 is 0 Å². The Balaban J connectivity index is 1.99. The van der Waals surface area contributed by atoms with Crippen LogP contribution in [0.5, 0.6) is 0 Å². The van der Waals surface area contributed by atoms with Gasteiger partial charge in [-0.2, -0.15) is 0 Å². The van der Waals surface area contributed by atoms with E-state index >= 15 is 0 Å². The lowest BCUT2D eigenvalue weighted by Gasteiger charge is -2.09. The molecule has 0 aromatic carbocycles. The lowest BCUT2D eigenvalue weighted by molar-refractivity contribution is 0.204. The molecule has 0 fully saturated rings. The van der Waals surface area contributed by atoms with Crippen LogP contribution in [0.1, 0.15) is 18.4 Å². The largest absolute Gasteiger partial charge is 0.384 e. The molecule has 88 valence electrons. The molecule has 1 aliphatic rings. The van der Waals surface area contributed by atoms with Gasteiger partial charge in [-0.1, -0.05) is 24.3 Å². The lowest BCUT2D eigenvalue weighted by Crippen LogP contribution is -1.91. The summed E-state index contributed by atoms with van der Waals surface area (Å²) in [5.41, 5.74) is 3.86. The molecule has 17 heavy (non-hydrogen) atoms. The third-order valence-electron chi connectivity index (χ3n) is 2.78. The highest BCUT2D eigenvalue weighted by Gasteiger charge is 2.02. The monoisotopic (exact) mass is 227 g/mol. The van der Waals surface area contributed by atoms with Gasteiger partial charge in [0, 0.05) is 26.1 Å². The van der Waals surface area contributed by atoms with Gasteiger partial charge >= 0.3 is 0 Å². The van der Waals surface area contributed by atoms with Crippen LogP contribution in [0.15, 0.2) is 54.4 Å². The molecule has 0 amide bonds. The standard InChI is InChI=1S/C15H17NO/c1-17-12-2-3-13-4-6-14(7-5-13)15-8-10-16-11-9-15/h3-4,6-11H,2,5,12H2,1H3/b13-3-. The van der Waals surface area contributed by atoms with E-state index < -0.39 is 0 Å². The lowest BCUT2D eigenvalue weighted by atomic mass is 9.97. The maximum atomic E-state index is 5.03. The summed E-state index contributed by atoms with van der Waals surface area (Å²) in [6.07, 6.45) is 14.5. The van der Waals surface area contributed by atoms with Crippen molar-refractivity contribution in [3.05, 3.63) is 60.0 Å². The molecule has 0 atom stereocenters. The number of allylic oxidation sites excluding steroid dienone is 5. The van der Waals surface area contributed by atoms with E-state index in [4.69, 9.17) is 4.74 Å². The average molecular weight is 227 g/mol. The minimum Gasteiger partial charge on any atom is -0.384 e. The zero-order chi connectivity index (χ0) is 11.9. The number of pyridine rings is 1. The molecule has 0 saturated carbocycles. The van der Waals surface area contributed by atoms with Crippen LogP contribution in [0.25, 0.3) is 5.57 Å². The Morgan fingerprint density at radius 3 is 2.76 bits per heavy atom. The Labute approximate surface area is 102 Å². The molecule has 0 saturated heterocycles. The Morgan fingerprint density at radius 2 is 2.12 bits per heavy atom. The van der Waals surface area contributed by atoms with Crippen molar-refractivity contribution in [1.82, 2.24) is 4.98 Å². The summed E-state index contributed by atoms with van der Waals surface area (Å²) in [6.45, 7) is 0.790. The molecule has 0 radical (unpaired) electrons. The van der Waals surface area contributed by atoms with E-state index in [2.05, 4.69) is 29.3 Å². The third-order valence-corrected chi connectivity index (χ3v) is 2.78. The van der Waals surface area contributed by atoms with Gasteiger partial charge in [-0.3, -0.25) is 4.98 Å².